The Labute approximate surface area is 81.6 Å². The number of aromatic nitrogens is 1. The highest BCUT2D eigenvalue weighted by molar-refractivity contribution is 5.65. The molecule has 1 heterocycles. The van der Waals surface area contributed by atoms with Crippen molar-refractivity contribution < 1.29 is 4.52 Å². The summed E-state index contributed by atoms with van der Waals surface area (Å²) in [4.78, 5) is 0. The number of rotatable bonds is 1. The molecule has 3 heteroatoms. The number of nitrogens with zero attached hydrogens (tertiary/aromatic N) is 2. The first kappa shape index (κ1) is 8.52. The van der Waals surface area contributed by atoms with Crippen LogP contribution in [0.3, 0.4) is 0 Å². The maximum absolute atomic E-state index is 8.90. The van der Waals surface area contributed by atoms with E-state index < -0.39 is 0 Å². The van der Waals surface area contributed by atoms with E-state index in [1.807, 2.05) is 30.3 Å². The molecule has 0 aliphatic heterocycles. The second-order valence-corrected chi connectivity index (χ2v) is 2.95. The number of nitriles is 1. The first-order valence-electron chi connectivity index (χ1n) is 4.24. The minimum absolute atomic E-state index is 0.510. The molecule has 0 saturated carbocycles. The summed E-state index contributed by atoms with van der Waals surface area (Å²) in [5, 5.41) is 12.7. The summed E-state index contributed by atoms with van der Waals surface area (Å²) in [5.41, 5.74) is 2.02. The molecular formula is C11H8N2O. The number of hydrogen-bond acceptors (Lipinski definition) is 3. The van der Waals surface area contributed by atoms with E-state index in [-0.39, 0.29) is 0 Å². The molecule has 3 nitrogen and oxygen atoms in total. The lowest BCUT2D eigenvalue weighted by atomic mass is 10.1. The summed E-state index contributed by atoms with van der Waals surface area (Å²) in [7, 11) is 0. The summed E-state index contributed by atoms with van der Waals surface area (Å²) >= 11 is 0. The maximum atomic E-state index is 8.90. The van der Waals surface area contributed by atoms with Gasteiger partial charge in [0.15, 0.2) is 5.76 Å². The third-order valence-electron chi connectivity index (χ3n) is 2.01. The van der Waals surface area contributed by atoms with E-state index in [4.69, 9.17) is 9.78 Å². The predicted octanol–water partition coefficient (Wildman–Crippen LogP) is 2.52. The van der Waals surface area contributed by atoms with Crippen molar-refractivity contribution in [3.63, 3.8) is 0 Å². The van der Waals surface area contributed by atoms with Crippen LogP contribution in [0, 0.1) is 18.3 Å². The Morgan fingerprint density at radius 2 is 2.00 bits per heavy atom. The van der Waals surface area contributed by atoms with Gasteiger partial charge in [0.1, 0.15) is 11.6 Å². The lowest BCUT2D eigenvalue weighted by Gasteiger charge is -1.93. The van der Waals surface area contributed by atoms with E-state index in [0.29, 0.717) is 17.0 Å². The fraction of sp³-hybridized carbons (Fsp3) is 0.0909. The molecule has 0 unspecified atom stereocenters. The second-order valence-electron chi connectivity index (χ2n) is 2.95. The Morgan fingerprint density at radius 1 is 1.29 bits per heavy atom. The fourth-order valence-corrected chi connectivity index (χ4v) is 1.29. The number of benzene rings is 1. The van der Waals surface area contributed by atoms with Crippen LogP contribution in [0.1, 0.15) is 11.3 Å². The molecule has 68 valence electrons. The smallest absolute Gasteiger partial charge is 0.184 e. The number of hydrogen-bond donors (Lipinski definition) is 0. The van der Waals surface area contributed by atoms with Crippen molar-refractivity contribution in [2.45, 2.75) is 6.92 Å². The first-order valence-corrected chi connectivity index (χ1v) is 4.24. The van der Waals surface area contributed by atoms with Gasteiger partial charge in [-0.15, -0.1) is 0 Å². The highest BCUT2D eigenvalue weighted by Crippen LogP contribution is 2.24. The SMILES string of the molecule is Cc1noc(-c2ccccc2)c1C#N. The van der Waals surface area contributed by atoms with Crippen LogP contribution in [0.25, 0.3) is 11.3 Å². The zero-order valence-electron chi connectivity index (χ0n) is 7.69. The van der Waals surface area contributed by atoms with Crippen molar-refractivity contribution in [3.05, 3.63) is 41.6 Å². The van der Waals surface area contributed by atoms with Crippen LogP contribution in [-0.4, -0.2) is 5.16 Å². The molecule has 0 spiro atoms. The number of aryl methyl sites for hydroxylation is 1. The largest absolute Gasteiger partial charge is 0.355 e. The Bertz CT molecular complexity index is 480. The molecule has 0 N–H and O–H groups in total. The van der Waals surface area contributed by atoms with Crippen LogP contribution in [0.4, 0.5) is 0 Å². The van der Waals surface area contributed by atoms with Gasteiger partial charge in [0, 0.05) is 5.56 Å². The molecule has 0 saturated heterocycles. The van der Waals surface area contributed by atoms with E-state index in [1.54, 1.807) is 6.92 Å². The van der Waals surface area contributed by atoms with Gasteiger partial charge in [-0.1, -0.05) is 35.5 Å². The van der Waals surface area contributed by atoms with Crippen molar-refractivity contribution in [1.82, 2.24) is 5.16 Å². The molecule has 2 rings (SSSR count). The quantitative estimate of drug-likeness (QED) is 0.684. The normalized spacial score (nSPS) is 9.71. The molecule has 0 bridgehead atoms. The van der Waals surface area contributed by atoms with Gasteiger partial charge in [-0.05, 0) is 6.92 Å². The monoisotopic (exact) mass is 184 g/mol. The standard InChI is InChI=1S/C11H8N2O/c1-8-10(7-12)11(14-13-8)9-5-3-2-4-6-9/h2-6H,1H3. The Hall–Kier alpha value is -2.08. The minimum Gasteiger partial charge on any atom is -0.355 e. The van der Waals surface area contributed by atoms with Gasteiger partial charge in [0.2, 0.25) is 0 Å². The molecule has 1 aromatic carbocycles. The van der Waals surface area contributed by atoms with Crippen molar-refractivity contribution in [1.29, 1.82) is 5.26 Å². The highest BCUT2D eigenvalue weighted by Gasteiger charge is 2.13. The summed E-state index contributed by atoms with van der Waals surface area (Å²) in [6.45, 7) is 1.76. The van der Waals surface area contributed by atoms with Crippen LogP contribution >= 0.6 is 0 Å². The molecular weight excluding hydrogens is 176 g/mol. The molecule has 0 aliphatic rings. The van der Waals surface area contributed by atoms with Crippen LogP contribution in [0.2, 0.25) is 0 Å². The molecule has 2 aromatic rings. The van der Waals surface area contributed by atoms with Gasteiger partial charge in [0.05, 0.1) is 5.69 Å². The topological polar surface area (TPSA) is 49.8 Å². The molecule has 0 radical (unpaired) electrons. The van der Waals surface area contributed by atoms with Crippen LogP contribution in [0.5, 0.6) is 0 Å². The molecule has 1 aromatic heterocycles. The summed E-state index contributed by atoms with van der Waals surface area (Å²) < 4.78 is 5.10. The van der Waals surface area contributed by atoms with Gasteiger partial charge >= 0.3 is 0 Å². The summed E-state index contributed by atoms with van der Waals surface area (Å²) in [5.74, 6) is 0.547. The second kappa shape index (κ2) is 3.35. The average Bonchev–Trinajstić information content (AvgIpc) is 2.61. The van der Waals surface area contributed by atoms with Gasteiger partial charge in [-0.2, -0.15) is 5.26 Å². The van der Waals surface area contributed by atoms with Crippen LogP contribution < -0.4 is 0 Å². The van der Waals surface area contributed by atoms with E-state index >= 15 is 0 Å². The predicted molar refractivity (Wildman–Crippen MR) is 51.4 cm³/mol. The lowest BCUT2D eigenvalue weighted by Crippen LogP contribution is -1.79. The zero-order valence-corrected chi connectivity index (χ0v) is 7.69. The van der Waals surface area contributed by atoms with Gasteiger partial charge in [-0.3, -0.25) is 0 Å². The summed E-state index contributed by atoms with van der Waals surface area (Å²) in [6.07, 6.45) is 0. The third-order valence-corrected chi connectivity index (χ3v) is 2.01. The average molecular weight is 184 g/mol. The minimum atomic E-state index is 0.510. The van der Waals surface area contributed by atoms with E-state index in [2.05, 4.69) is 11.2 Å². The van der Waals surface area contributed by atoms with Gasteiger partial charge < -0.3 is 4.52 Å². The third kappa shape index (κ3) is 1.27. The molecule has 0 aliphatic carbocycles. The molecule has 0 atom stereocenters. The van der Waals surface area contributed by atoms with E-state index in [0.717, 1.165) is 5.56 Å². The zero-order chi connectivity index (χ0) is 9.97. The van der Waals surface area contributed by atoms with Crippen molar-refractivity contribution >= 4 is 0 Å². The Kier molecular flexibility index (Phi) is 2.04. The highest BCUT2D eigenvalue weighted by atomic mass is 16.5. The van der Waals surface area contributed by atoms with Gasteiger partial charge in [-0.25, -0.2) is 0 Å². The lowest BCUT2D eigenvalue weighted by molar-refractivity contribution is 0.427. The molecule has 14 heavy (non-hydrogen) atoms. The van der Waals surface area contributed by atoms with Crippen molar-refractivity contribution in [3.8, 4) is 17.4 Å². The van der Waals surface area contributed by atoms with Crippen molar-refractivity contribution in [2.75, 3.05) is 0 Å². The van der Waals surface area contributed by atoms with E-state index in [9.17, 15) is 0 Å². The Morgan fingerprint density at radius 3 is 2.64 bits per heavy atom. The molecule has 0 amide bonds. The summed E-state index contributed by atoms with van der Waals surface area (Å²) in [6, 6.07) is 11.6. The van der Waals surface area contributed by atoms with E-state index in [1.165, 1.54) is 0 Å². The fourth-order valence-electron chi connectivity index (χ4n) is 1.29. The molecule has 0 fully saturated rings. The van der Waals surface area contributed by atoms with Crippen LogP contribution in [-0.2, 0) is 0 Å². The maximum Gasteiger partial charge on any atom is 0.184 e. The van der Waals surface area contributed by atoms with Crippen molar-refractivity contribution in [2.24, 2.45) is 0 Å². The first-order chi connectivity index (χ1) is 6.83. The van der Waals surface area contributed by atoms with Crippen LogP contribution in [0.15, 0.2) is 34.9 Å². The Balaban J connectivity index is 2.59. The van der Waals surface area contributed by atoms with Gasteiger partial charge in [0.25, 0.3) is 0 Å².